The summed E-state index contributed by atoms with van der Waals surface area (Å²) >= 11 is 3.54. The monoisotopic (exact) mass is 378 g/mol. The van der Waals surface area contributed by atoms with Crippen LogP contribution in [0.1, 0.15) is 25.0 Å². The Balaban J connectivity index is 1.86. The molecule has 1 fully saturated rings. The molecule has 1 aliphatic rings. The van der Waals surface area contributed by atoms with Crippen molar-refractivity contribution in [1.29, 1.82) is 0 Å². The maximum Gasteiger partial charge on any atom is 0.170 e. The fourth-order valence-electron chi connectivity index (χ4n) is 3.18. The number of piperidine rings is 1. The standard InChI is InChI=1S/C18H23BrN2O2/c1-22-17-11-13(19)10-15(18(17)23-2)16-7-6-14(20-16)12-21-8-4-3-5-9-21/h6-7,10-11,20H,3-5,8-9,12H2,1-2H3. The van der Waals surface area contributed by atoms with Gasteiger partial charge in [0.1, 0.15) is 0 Å². The topological polar surface area (TPSA) is 37.5 Å². The van der Waals surface area contributed by atoms with E-state index in [0.717, 1.165) is 33.8 Å². The molecule has 23 heavy (non-hydrogen) atoms. The van der Waals surface area contributed by atoms with Crippen LogP contribution in [0, 0.1) is 0 Å². The van der Waals surface area contributed by atoms with Gasteiger partial charge in [0, 0.05) is 28.0 Å². The molecule has 0 amide bonds. The van der Waals surface area contributed by atoms with E-state index in [0.29, 0.717) is 0 Å². The van der Waals surface area contributed by atoms with Crippen molar-refractivity contribution in [2.24, 2.45) is 0 Å². The van der Waals surface area contributed by atoms with Crippen LogP contribution in [0.25, 0.3) is 11.3 Å². The highest BCUT2D eigenvalue weighted by atomic mass is 79.9. The van der Waals surface area contributed by atoms with Crippen molar-refractivity contribution in [3.63, 3.8) is 0 Å². The van der Waals surface area contributed by atoms with Gasteiger partial charge in [-0.2, -0.15) is 0 Å². The minimum absolute atomic E-state index is 0.726. The number of likely N-dealkylation sites (tertiary alicyclic amines) is 1. The number of H-pyrrole nitrogens is 1. The molecule has 0 aliphatic carbocycles. The van der Waals surface area contributed by atoms with E-state index < -0.39 is 0 Å². The first kappa shape index (κ1) is 16.4. The van der Waals surface area contributed by atoms with Crippen molar-refractivity contribution in [3.05, 3.63) is 34.4 Å². The van der Waals surface area contributed by atoms with Crippen LogP contribution in [0.3, 0.4) is 0 Å². The quantitative estimate of drug-likeness (QED) is 0.834. The summed E-state index contributed by atoms with van der Waals surface area (Å²) in [4.78, 5) is 6.04. The Morgan fingerprint density at radius 2 is 1.87 bits per heavy atom. The van der Waals surface area contributed by atoms with E-state index in [4.69, 9.17) is 9.47 Å². The number of benzene rings is 1. The number of aromatic nitrogens is 1. The molecule has 0 bridgehead atoms. The van der Waals surface area contributed by atoms with E-state index in [1.165, 1.54) is 38.0 Å². The van der Waals surface area contributed by atoms with Crippen LogP contribution in [-0.4, -0.2) is 37.2 Å². The summed E-state index contributed by atoms with van der Waals surface area (Å²) in [6.07, 6.45) is 3.98. The highest BCUT2D eigenvalue weighted by molar-refractivity contribution is 9.10. The van der Waals surface area contributed by atoms with Crippen LogP contribution in [0.5, 0.6) is 11.5 Å². The van der Waals surface area contributed by atoms with Gasteiger partial charge in [-0.1, -0.05) is 22.4 Å². The van der Waals surface area contributed by atoms with Gasteiger partial charge >= 0.3 is 0 Å². The highest BCUT2D eigenvalue weighted by Gasteiger charge is 2.16. The molecule has 1 aliphatic heterocycles. The second-order valence-corrected chi connectivity index (χ2v) is 6.84. The largest absolute Gasteiger partial charge is 0.493 e. The molecule has 0 spiro atoms. The zero-order valence-corrected chi connectivity index (χ0v) is 15.3. The van der Waals surface area contributed by atoms with Gasteiger partial charge in [0.15, 0.2) is 11.5 Å². The van der Waals surface area contributed by atoms with E-state index in [-0.39, 0.29) is 0 Å². The molecule has 1 N–H and O–H groups in total. The van der Waals surface area contributed by atoms with E-state index in [1.54, 1.807) is 14.2 Å². The molecule has 1 aromatic heterocycles. The second-order valence-electron chi connectivity index (χ2n) is 5.92. The zero-order chi connectivity index (χ0) is 16.2. The third-order valence-electron chi connectivity index (χ3n) is 4.32. The lowest BCUT2D eigenvalue weighted by Gasteiger charge is -2.25. The van der Waals surface area contributed by atoms with E-state index in [2.05, 4.69) is 44.0 Å². The van der Waals surface area contributed by atoms with Gasteiger partial charge in [-0.05, 0) is 50.2 Å². The lowest BCUT2D eigenvalue weighted by atomic mass is 10.1. The van der Waals surface area contributed by atoms with Crippen LogP contribution in [-0.2, 0) is 6.54 Å². The average molecular weight is 379 g/mol. The Labute approximate surface area is 145 Å². The SMILES string of the molecule is COc1cc(Br)cc(-c2ccc(CN3CCCCC3)[nH]2)c1OC. The molecule has 0 radical (unpaired) electrons. The molecule has 124 valence electrons. The molecule has 2 heterocycles. The minimum atomic E-state index is 0.726. The fraction of sp³-hybridized carbons (Fsp3) is 0.444. The molecule has 3 rings (SSSR count). The maximum absolute atomic E-state index is 5.56. The van der Waals surface area contributed by atoms with Crippen molar-refractivity contribution in [1.82, 2.24) is 9.88 Å². The third-order valence-corrected chi connectivity index (χ3v) is 4.78. The first-order valence-electron chi connectivity index (χ1n) is 8.03. The number of hydrogen-bond acceptors (Lipinski definition) is 3. The number of aromatic amines is 1. The van der Waals surface area contributed by atoms with Crippen LogP contribution in [0.2, 0.25) is 0 Å². The Hall–Kier alpha value is -1.46. The molecule has 2 aromatic rings. The summed E-state index contributed by atoms with van der Waals surface area (Å²) in [6, 6.07) is 8.25. The van der Waals surface area contributed by atoms with Gasteiger partial charge < -0.3 is 14.5 Å². The predicted molar refractivity (Wildman–Crippen MR) is 96.2 cm³/mol. The summed E-state index contributed by atoms with van der Waals surface area (Å²) in [5.74, 6) is 1.48. The fourth-order valence-corrected chi connectivity index (χ4v) is 3.62. The maximum atomic E-state index is 5.56. The smallest absolute Gasteiger partial charge is 0.170 e. The lowest BCUT2D eigenvalue weighted by Crippen LogP contribution is -2.29. The number of nitrogens with one attached hydrogen (secondary N) is 1. The van der Waals surface area contributed by atoms with Crippen LogP contribution in [0.15, 0.2) is 28.7 Å². The molecule has 5 heteroatoms. The number of hydrogen-bond donors (Lipinski definition) is 1. The Morgan fingerprint density at radius 3 is 2.57 bits per heavy atom. The molecule has 0 unspecified atom stereocenters. The first-order chi connectivity index (χ1) is 11.2. The Morgan fingerprint density at radius 1 is 1.09 bits per heavy atom. The van der Waals surface area contributed by atoms with Crippen molar-refractivity contribution >= 4 is 15.9 Å². The normalized spacial score (nSPS) is 15.6. The van der Waals surface area contributed by atoms with Crippen LogP contribution < -0.4 is 9.47 Å². The van der Waals surface area contributed by atoms with Crippen LogP contribution >= 0.6 is 15.9 Å². The van der Waals surface area contributed by atoms with Crippen molar-refractivity contribution < 1.29 is 9.47 Å². The van der Waals surface area contributed by atoms with E-state index >= 15 is 0 Å². The van der Waals surface area contributed by atoms with E-state index in [9.17, 15) is 0 Å². The van der Waals surface area contributed by atoms with Crippen LogP contribution in [0.4, 0.5) is 0 Å². The summed E-state index contributed by atoms with van der Waals surface area (Å²) in [5.41, 5.74) is 3.29. The molecule has 4 nitrogen and oxygen atoms in total. The minimum Gasteiger partial charge on any atom is -0.493 e. The van der Waals surface area contributed by atoms with Crippen molar-refractivity contribution in [2.75, 3.05) is 27.3 Å². The number of methoxy groups -OCH3 is 2. The Bertz CT molecular complexity index is 663. The summed E-state index contributed by atoms with van der Waals surface area (Å²) in [5, 5.41) is 0. The molecular weight excluding hydrogens is 356 g/mol. The molecule has 0 saturated carbocycles. The van der Waals surface area contributed by atoms with Crippen molar-refractivity contribution in [2.45, 2.75) is 25.8 Å². The number of halogens is 1. The number of ether oxygens (including phenoxy) is 2. The predicted octanol–water partition coefficient (Wildman–Crippen LogP) is 4.45. The van der Waals surface area contributed by atoms with Crippen molar-refractivity contribution in [3.8, 4) is 22.8 Å². The average Bonchev–Trinajstić information content (AvgIpc) is 3.03. The first-order valence-corrected chi connectivity index (χ1v) is 8.82. The molecule has 0 atom stereocenters. The van der Waals surface area contributed by atoms with Gasteiger partial charge in [-0.25, -0.2) is 0 Å². The van der Waals surface area contributed by atoms with E-state index in [1.807, 2.05) is 6.07 Å². The van der Waals surface area contributed by atoms with Gasteiger partial charge in [-0.15, -0.1) is 0 Å². The Kier molecular flexibility index (Phi) is 5.28. The number of rotatable bonds is 5. The van der Waals surface area contributed by atoms with Gasteiger partial charge in [-0.3, -0.25) is 4.90 Å². The van der Waals surface area contributed by atoms with Gasteiger partial charge in [0.05, 0.1) is 14.2 Å². The molecule has 1 aromatic carbocycles. The lowest BCUT2D eigenvalue weighted by molar-refractivity contribution is 0.219. The molecule has 1 saturated heterocycles. The summed E-state index contributed by atoms with van der Waals surface area (Å²) in [6.45, 7) is 3.37. The number of nitrogens with zero attached hydrogens (tertiary/aromatic N) is 1. The van der Waals surface area contributed by atoms with Gasteiger partial charge in [0.2, 0.25) is 0 Å². The zero-order valence-electron chi connectivity index (χ0n) is 13.7. The third kappa shape index (κ3) is 3.72. The second kappa shape index (κ2) is 7.41. The summed E-state index contributed by atoms with van der Waals surface area (Å²) in [7, 11) is 3.33. The highest BCUT2D eigenvalue weighted by Crippen LogP contribution is 2.40. The summed E-state index contributed by atoms with van der Waals surface area (Å²) < 4.78 is 12.0. The molecular formula is C18H23BrN2O2. The van der Waals surface area contributed by atoms with Gasteiger partial charge in [0.25, 0.3) is 0 Å².